The van der Waals surface area contributed by atoms with Crippen LogP contribution in [0, 0.1) is 5.82 Å². The van der Waals surface area contributed by atoms with Crippen molar-refractivity contribution in [1.29, 1.82) is 0 Å². The Balaban J connectivity index is 2.40. The second-order valence-corrected chi connectivity index (χ2v) is 4.98. The summed E-state index contributed by atoms with van der Waals surface area (Å²) in [5.41, 5.74) is 3.31. The summed E-state index contributed by atoms with van der Waals surface area (Å²) >= 11 is -2.11. The Kier molecular flexibility index (Phi) is 4.29. The second kappa shape index (κ2) is 5.95. The fourth-order valence-corrected chi connectivity index (χ4v) is 2.36. The highest BCUT2D eigenvalue weighted by Gasteiger charge is 2.05. The lowest BCUT2D eigenvalue weighted by atomic mass is 10.0. The monoisotopic (exact) mass is 278 g/mol. The van der Waals surface area contributed by atoms with Crippen LogP contribution in [0.15, 0.2) is 42.5 Å². The summed E-state index contributed by atoms with van der Waals surface area (Å²) in [6.45, 7) is 0. The first-order chi connectivity index (χ1) is 9.10. The van der Waals surface area contributed by atoms with Gasteiger partial charge in [-0.25, -0.2) is 4.39 Å². The van der Waals surface area contributed by atoms with E-state index in [2.05, 4.69) is 5.32 Å². The molecule has 0 bridgehead atoms. The van der Waals surface area contributed by atoms with Gasteiger partial charge < -0.3 is 9.87 Å². The van der Waals surface area contributed by atoms with Gasteiger partial charge in [-0.05, 0) is 29.3 Å². The van der Waals surface area contributed by atoms with E-state index in [0.29, 0.717) is 5.56 Å². The molecule has 0 aliphatic carbocycles. The Morgan fingerprint density at radius 3 is 2.47 bits per heavy atom. The Morgan fingerprint density at radius 1 is 1.21 bits per heavy atom. The molecule has 0 aromatic heterocycles. The molecule has 100 valence electrons. The van der Waals surface area contributed by atoms with E-state index in [1.54, 1.807) is 31.3 Å². The normalized spacial score (nSPS) is 12.2. The summed E-state index contributed by atoms with van der Waals surface area (Å²) in [4.78, 5) is 0. The molecule has 0 fully saturated rings. The van der Waals surface area contributed by atoms with Gasteiger partial charge in [0, 0.05) is 24.1 Å². The lowest BCUT2D eigenvalue weighted by molar-refractivity contribution is 0.536. The maximum absolute atomic E-state index is 12.9. The van der Waals surface area contributed by atoms with Crippen LogP contribution in [-0.4, -0.2) is 15.8 Å². The zero-order valence-electron chi connectivity index (χ0n) is 10.4. The van der Waals surface area contributed by atoms with Gasteiger partial charge in [0.2, 0.25) is 0 Å². The molecule has 1 unspecified atom stereocenters. The fraction of sp³-hybridized carbons (Fsp3) is 0.143. The molecule has 0 radical (unpaired) electrons. The molecule has 19 heavy (non-hydrogen) atoms. The summed E-state index contributed by atoms with van der Waals surface area (Å²) in [5.74, 6) is -0.300. The molecular weight excluding hydrogens is 265 g/mol. The Labute approximate surface area is 113 Å². The molecule has 0 aliphatic heterocycles. The third-order valence-corrected chi connectivity index (χ3v) is 3.36. The molecule has 0 saturated heterocycles. The average Bonchev–Trinajstić information content (AvgIpc) is 2.39. The summed E-state index contributed by atoms with van der Waals surface area (Å²) in [6.07, 6.45) is 0. The van der Waals surface area contributed by atoms with E-state index in [-0.39, 0.29) is 11.6 Å². The molecule has 5 heteroatoms. The molecule has 2 aromatic carbocycles. The zero-order chi connectivity index (χ0) is 13.8. The van der Waals surface area contributed by atoms with E-state index in [1.807, 2.05) is 6.07 Å². The summed E-state index contributed by atoms with van der Waals surface area (Å²) < 4.78 is 34.3. The highest BCUT2D eigenvalue weighted by Crippen LogP contribution is 2.29. The maximum Gasteiger partial charge on any atom is 0.123 e. The molecule has 0 spiro atoms. The van der Waals surface area contributed by atoms with Gasteiger partial charge >= 0.3 is 0 Å². The van der Waals surface area contributed by atoms with E-state index < -0.39 is 11.1 Å². The van der Waals surface area contributed by atoms with Crippen LogP contribution in [0.4, 0.5) is 10.1 Å². The fourth-order valence-electron chi connectivity index (χ4n) is 1.91. The van der Waals surface area contributed by atoms with E-state index >= 15 is 0 Å². The molecule has 2 aromatic rings. The number of benzene rings is 2. The van der Waals surface area contributed by atoms with E-state index in [1.165, 1.54) is 12.1 Å². The topological polar surface area (TPSA) is 52.2 Å². The minimum atomic E-state index is -2.11. The molecule has 1 atom stereocenters. The van der Waals surface area contributed by atoms with Crippen molar-refractivity contribution < 1.29 is 13.2 Å². The van der Waals surface area contributed by atoms with Crippen molar-refractivity contribution in [2.45, 2.75) is 5.75 Å². The predicted molar refractivity (Wildman–Crippen MR) is 74.0 cm³/mol. The van der Waals surface area contributed by atoms with Gasteiger partial charge in [-0.3, -0.25) is 4.21 Å². The van der Waals surface area contributed by atoms with Gasteiger partial charge in [-0.1, -0.05) is 35.3 Å². The van der Waals surface area contributed by atoms with Gasteiger partial charge in [-0.15, -0.1) is 0 Å². The van der Waals surface area contributed by atoms with E-state index in [9.17, 15) is 13.2 Å². The first kappa shape index (κ1) is 13.7. The third kappa shape index (κ3) is 3.39. The lowest BCUT2D eigenvalue weighted by Gasteiger charge is -2.12. The van der Waals surface area contributed by atoms with Crippen molar-refractivity contribution in [3.05, 3.63) is 53.8 Å². The number of halogens is 1. The third-order valence-electron chi connectivity index (χ3n) is 2.79. The van der Waals surface area contributed by atoms with E-state index in [0.717, 1.165) is 16.8 Å². The summed E-state index contributed by atoms with van der Waals surface area (Å²) in [5, 5.41) is 3.03. The number of anilines is 1. The van der Waals surface area contributed by atoms with Gasteiger partial charge in [0.05, 0.1) is 0 Å². The van der Waals surface area contributed by atoms with Crippen molar-refractivity contribution >= 4 is 16.8 Å². The lowest BCUT2D eigenvalue weighted by Crippen LogP contribution is -1.97. The van der Waals surface area contributed by atoms with Crippen LogP contribution in [0.5, 0.6) is 0 Å². The molecule has 0 amide bonds. The van der Waals surface area contributed by atoms with Crippen LogP contribution in [0.1, 0.15) is 5.56 Å². The van der Waals surface area contributed by atoms with Gasteiger partial charge in [0.1, 0.15) is 5.82 Å². The van der Waals surface area contributed by atoms with Crippen LogP contribution in [0.3, 0.4) is 0 Å². The van der Waals surface area contributed by atoms with Crippen molar-refractivity contribution in [3.63, 3.8) is 0 Å². The second-order valence-electron chi connectivity index (χ2n) is 4.08. The van der Waals surface area contributed by atoms with Crippen LogP contribution in [-0.2, 0) is 16.8 Å². The van der Waals surface area contributed by atoms with Crippen LogP contribution < -0.4 is 5.32 Å². The first-order valence-electron chi connectivity index (χ1n) is 5.72. The quantitative estimate of drug-likeness (QED) is 0.875. The SMILES string of the molecule is CNc1cc(CS(=O)[O-])ccc1-c1ccc(F)cc1. The molecule has 0 saturated carbocycles. The maximum atomic E-state index is 12.9. The van der Waals surface area contributed by atoms with Crippen molar-refractivity contribution in [2.75, 3.05) is 12.4 Å². The summed E-state index contributed by atoms with van der Waals surface area (Å²) in [6, 6.07) is 11.6. The Morgan fingerprint density at radius 2 is 1.89 bits per heavy atom. The number of hydrogen-bond donors (Lipinski definition) is 1. The Bertz CT molecular complexity index is 599. The van der Waals surface area contributed by atoms with Crippen molar-refractivity contribution in [1.82, 2.24) is 0 Å². The molecule has 3 nitrogen and oxygen atoms in total. The zero-order valence-corrected chi connectivity index (χ0v) is 11.2. The van der Waals surface area contributed by atoms with Crippen molar-refractivity contribution in [3.8, 4) is 11.1 Å². The minimum Gasteiger partial charge on any atom is -0.772 e. The Hall–Kier alpha value is -1.72. The predicted octanol–water partition coefficient (Wildman–Crippen LogP) is 2.91. The average molecular weight is 278 g/mol. The smallest absolute Gasteiger partial charge is 0.123 e. The first-order valence-corrected chi connectivity index (χ1v) is 6.97. The van der Waals surface area contributed by atoms with Gasteiger partial charge in [0.15, 0.2) is 0 Å². The van der Waals surface area contributed by atoms with Crippen molar-refractivity contribution in [2.24, 2.45) is 0 Å². The molecule has 2 rings (SSSR count). The largest absolute Gasteiger partial charge is 0.772 e. The highest BCUT2D eigenvalue weighted by atomic mass is 32.2. The van der Waals surface area contributed by atoms with Crippen LogP contribution >= 0.6 is 0 Å². The van der Waals surface area contributed by atoms with Gasteiger partial charge in [0.25, 0.3) is 0 Å². The standard InChI is InChI=1S/C14H14FNO2S/c1-16-14-8-10(9-19(17)18)2-7-13(14)11-3-5-12(15)6-4-11/h2-8,16H,9H2,1H3,(H,17,18)/p-1. The molecule has 0 aliphatic rings. The number of nitrogens with one attached hydrogen (secondary N) is 1. The van der Waals surface area contributed by atoms with Gasteiger partial charge in [-0.2, -0.15) is 0 Å². The number of rotatable bonds is 4. The van der Waals surface area contributed by atoms with Crippen LogP contribution in [0.2, 0.25) is 0 Å². The van der Waals surface area contributed by atoms with E-state index in [4.69, 9.17) is 0 Å². The molecule has 1 N–H and O–H groups in total. The molecular formula is C14H13FNO2S-. The molecule has 0 heterocycles. The van der Waals surface area contributed by atoms with Crippen LogP contribution in [0.25, 0.3) is 11.1 Å². The highest BCUT2D eigenvalue weighted by molar-refractivity contribution is 7.78. The summed E-state index contributed by atoms with van der Waals surface area (Å²) in [7, 11) is 1.76. The minimum absolute atomic E-state index is 0.0155. The number of hydrogen-bond acceptors (Lipinski definition) is 3.